The maximum absolute atomic E-state index is 6.04. The van der Waals surface area contributed by atoms with Crippen LogP contribution in [-0.2, 0) is 9.47 Å². The van der Waals surface area contributed by atoms with Gasteiger partial charge in [-0.15, -0.1) is 0 Å². The molecule has 0 aromatic heterocycles. The summed E-state index contributed by atoms with van der Waals surface area (Å²) in [6, 6.07) is 0.542. The van der Waals surface area contributed by atoms with E-state index in [9.17, 15) is 0 Å². The molecule has 2 aliphatic carbocycles. The highest BCUT2D eigenvalue weighted by Gasteiger charge is 2.65. The van der Waals surface area contributed by atoms with E-state index in [1.807, 2.05) is 14.0 Å². The highest BCUT2D eigenvalue weighted by molar-refractivity contribution is 5.80. The lowest BCUT2D eigenvalue weighted by Gasteiger charge is -2.57. The van der Waals surface area contributed by atoms with Crippen molar-refractivity contribution in [2.24, 2.45) is 16.3 Å². The van der Waals surface area contributed by atoms with E-state index in [4.69, 9.17) is 9.47 Å². The van der Waals surface area contributed by atoms with E-state index >= 15 is 0 Å². The fourth-order valence-electron chi connectivity index (χ4n) is 4.77. The molecule has 1 heterocycles. The van der Waals surface area contributed by atoms with Crippen molar-refractivity contribution in [1.29, 1.82) is 0 Å². The summed E-state index contributed by atoms with van der Waals surface area (Å²) >= 11 is 0. The largest absolute Gasteiger partial charge is 0.382 e. The molecule has 2 saturated carbocycles. The Morgan fingerprint density at radius 2 is 2.18 bits per heavy atom. The van der Waals surface area contributed by atoms with Crippen LogP contribution in [0.5, 0.6) is 0 Å². The van der Waals surface area contributed by atoms with Gasteiger partial charge in [-0.2, -0.15) is 0 Å². The van der Waals surface area contributed by atoms with Gasteiger partial charge in [-0.25, -0.2) is 0 Å². The van der Waals surface area contributed by atoms with E-state index in [1.54, 1.807) is 0 Å². The van der Waals surface area contributed by atoms with Crippen molar-refractivity contribution in [2.45, 2.75) is 57.6 Å². The second-order valence-corrected chi connectivity index (χ2v) is 6.86. The Hall–Kier alpha value is -0.810. The molecule has 0 aromatic carbocycles. The Labute approximate surface area is 134 Å². The summed E-state index contributed by atoms with van der Waals surface area (Å²) in [6.45, 7) is 5.48. The van der Waals surface area contributed by atoms with E-state index < -0.39 is 0 Å². The Morgan fingerprint density at radius 3 is 2.91 bits per heavy atom. The van der Waals surface area contributed by atoms with Gasteiger partial charge in [-0.1, -0.05) is 12.8 Å². The first-order valence-electron chi connectivity index (χ1n) is 8.98. The lowest BCUT2D eigenvalue weighted by molar-refractivity contribution is -0.125. The van der Waals surface area contributed by atoms with Crippen molar-refractivity contribution in [3.63, 3.8) is 0 Å². The van der Waals surface area contributed by atoms with E-state index in [2.05, 4.69) is 15.6 Å². The van der Waals surface area contributed by atoms with E-state index in [1.165, 1.54) is 32.1 Å². The van der Waals surface area contributed by atoms with Crippen LogP contribution in [0, 0.1) is 11.3 Å². The standard InChI is InChI=1S/C17H31N3O2/c1-3-21-11-6-10-19-16(18-2)20-14-13-7-12-22-15(13)17(14)8-4-5-9-17/h13-15H,3-12H2,1-2H3,(H2,18,19,20). The minimum atomic E-state index is 0.379. The molecule has 0 radical (unpaired) electrons. The third-order valence-electron chi connectivity index (χ3n) is 5.76. The Kier molecular flexibility index (Phi) is 5.24. The Bertz CT molecular complexity index is 393. The van der Waals surface area contributed by atoms with Crippen LogP contribution in [0.1, 0.15) is 45.4 Å². The molecule has 1 aliphatic heterocycles. The summed E-state index contributed by atoms with van der Waals surface area (Å²) in [6.07, 6.45) is 8.05. The van der Waals surface area contributed by atoms with Crippen molar-refractivity contribution >= 4 is 5.96 Å². The van der Waals surface area contributed by atoms with Crippen LogP contribution in [-0.4, -0.2) is 51.5 Å². The summed E-state index contributed by atoms with van der Waals surface area (Å²) in [5.41, 5.74) is 0.379. The summed E-state index contributed by atoms with van der Waals surface area (Å²) < 4.78 is 11.4. The first-order valence-corrected chi connectivity index (χ1v) is 8.98. The van der Waals surface area contributed by atoms with Crippen molar-refractivity contribution in [3.05, 3.63) is 0 Å². The van der Waals surface area contributed by atoms with Gasteiger partial charge in [-0.3, -0.25) is 4.99 Å². The highest BCUT2D eigenvalue weighted by Crippen LogP contribution is 2.60. The highest BCUT2D eigenvalue weighted by atomic mass is 16.5. The monoisotopic (exact) mass is 309 g/mol. The predicted octanol–water partition coefficient (Wildman–Crippen LogP) is 1.93. The zero-order valence-electron chi connectivity index (χ0n) is 14.1. The molecule has 3 aliphatic rings. The second-order valence-electron chi connectivity index (χ2n) is 6.86. The number of aliphatic imine (C=N–C) groups is 1. The molecule has 0 amide bonds. The quantitative estimate of drug-likeness (QED) is 0.447. The van der Waals surface area contributed by atoms with Crippen LogP contribution in [0.25, 0.3) is 0 Å². The van der Waals surface area contributed by atoms with Gasteiger partial charge in [0.15, 0.2) is 5.96 Å². The molecule has 2 N–H and O–H groups in total. The molecule has 3 atom stereocenters. The molecular weight excluding hydrogens is 278 g/mol. The maximum atomic E-state index is 6.04. The maximum Gasteiger partial charge on any atom is 0.191 e. The molecule has 5 heteroatoms. The Balaban J connectivity index is 1.52. The molecule has 0 aromatic rings. The molecule has 126 valence electrons. The third-order valence-corrected chi connectivity index (χ3v) is 5.76. The molecule has 3 rings (SSSR count). The van der Waals surface area contributed by atoms with Gasteiger partial charge < -0.3 is 20.1 Å². The number of ether oxygens (including phenoxy) is 2. The second kappa shape index (κ2) is 7.18. The SMILES string of the molecule is CCOCCCNC(=NC)NC1C2CCOC2C12CCCC2. The average molecular weight is 309 g/mol. The minimum absolute atomic E-state index is 0.379. The van der Waals surface area contributed by atoms with Crippen molar-refractivity contribution in [2.75, 3.05) is 33.4 Å². The van der Waals surface area contributed by atoms with Crippen LogP contribution < -0.4 is 10.6 Å². The van der Waals surface area contributed by atoms with Gasteiger partial charge in [0.1, 0.15) is 0 Å². The molecule has 3 unspecified atom stereocenters. The normalized spacial score (nSPS) is 32.8. The van der Waals surface area contributed by atoms with Crippen molar-refractivity contribution < 1.29 is 9.47 Å². The van der Waals surface area contributed by atoms with Crippen molar-refractivity contribution in [3.8, 4) is 0 Å². The third kappa shape index (κ3) is 2.85. The van der Waals surface area contributed by atoms with Crippen LogP contribution in [0.15, 0.2) is 4.99 Å². The zero-order valence-corrected chi connectivity index (χ0v) is 14.1. The van der Waals surface area contributed by atoms with Crippen LogP contribution in [0.4, 0.5) is 0 Å². The number of fused-ring (bicyclic) bond motifs is 2. The summed E-state index contributed by atoms with van der Waals surface area (Å²) in [7, 11) is 1.86. The molecule has 22 heavy (non-hydrogen) atoms. The van der Waals surface area contributed by atoms with Gasteiger partial charge in [0.2, 0.25) is 0 Å². The summed E-state index contributed by atoms with van der Waals surface area (Å²) in [4.78, 5) is 4.41. The fraction of sp³-hybridized carbons (Fsp3) is 0.941. The smallest absolute Gasteiger partial charge is 0.191 e. The first kappa shape index (κ1) is 16.1. The zero-order chi connectivity index (χ0) is 15.4. The van der Waals surface area contributed by atoms with E-state index in [0.29, 0.717) is 23.5 Å². The fourth-order valence-corrected chi connectivity index (χ4v) is 4.77. The van der Waals surface area contributed by atoms with Gasteiger partial charge in [-0.05, 0) is 32.6 Å². The number of nitrogens with one attached hydrogen (secondary N) is 2. The molecule has 1 saturated heterocycles. The number of rotatable bonds is 6. The number of nitrogens with zero attached hydrogens (tertiary/aromatic N) is 1. The number of hydrogen-bond donors (Lipinski definition) is 2. The lowest BCUT2D eigenvalue weighted by atomic mass is 9.54. The van der Waals surface area contributed by atoms with Gasteiger partial charge in [0, 0.05) is 50.8 Å². The molecule has 1 spiro atoms. The molecule has 0 bridgehead atoms. The topological polar surface area (TPSA) is 54.9 Å². The molecule has 5 nitrogen and oxygen atoms in total. The van der Waals surface area contributed by atoms with Crippen LogP contribution >= 0.6 is 0 Å². The van der Waals surface area contributed by atoms with Gasteiger partial charge in [0.25, 0.3) is 0 Å². The lowest BCUT2D eigenvalue weighted by Crippen LogP contribution is -2.69. The van der Waals surface area contributed by atoms with Crippen molar-refractivity contribution in [1.82, 2.24) is 10.6 Å². The van der Waals surface area contributed by atoms with Gasteiger partial charge in [0.05, 0.1) is 6.10 Å². The van der Waals surface area contributed by atoms with E-state index in [0.717, 1.165) is 38.7 Å². The first-order chi connectivity index (χ1) is 10.8. The number of hydrogen-bond acceptors (Lipinski definition) is 3. The summed E-state index contributed by atoms with van der Waals surface area (Å²) in [5, 5.41) is 7.15. The predicted molar refractivity (Wildman–Crippen MR) is 88.1 cm³/mol. The molecule has 3 fully saturated rings. The van der Waals surface area contributed by atoms with Gasteiger partial charge >= 0.3 is 0 Å². The molecular formula is C17H31N3O2. The Morgan fingerprint density at radius 1 is 1.36 bits per heavy atom. The summed E-state index contributed by atoms with van der Waals surface area (Å²) in [5.74, 6) is 1.62. The number of guanidine groups is 1. The van der Waals surface area contributed by atoms with E-state index in [-0.39, 0.29) is 0 Å². The van der Waals surface area contributed by atoms with Crippen LogP contribution in [0.2, 0.25) is 0 Å². The average Bonchev–Trinajstić information content (AvgIpc) is 3.18. The minimum Gasteiger partial charge on any atom is -0.382 e. The van der Waals surface area contributed by atoms with Crippen LogP contribution in [0.3, 0.4) is 0 Å².